The van der Waals surface area contributed by atoms with Crippen molar-refractivity contribution in [3.05, 3.63) is 34.8 Å². The van der Waals surface area contributed by atoms with Crippen LogP contribution in [0.1, 0.15) is 96.3 Å². The second-order valence-electron chi connectivity index (χ2n) is 9.94. The highest BCUT2D eigenvalue weighted by Gasteiger charge is 2.46. The quantitative estimate of drug-likeness (QED) is 0.498. The van der Waals surface area contributed by atoms with Gasteiger partial charge in [0.05, 0.1) is 0 Å². The third kappa shape index (κ3) is 3.57. The van der Waals surface area contributed by atoms with Crippen molar-refractivity contribution >= 4 is 0 Å². The zero-order valence-corrected chi connectivity index (χ0v) is 17.7. The number of ether oxygens (including phenoxy) is 1. The standard InChI is InChI=1S/C26H39NO/c1-2-5-9-14-20-19(13-8-4-1)24-21-15-10-6-3-7-11-17-23(21)27-25(24)22-16-12-18-28-26(20)22/h12,16,19-21,23,27H,1-11,13-15,17-18H2. The molecule has 2 fully saturated rings. The number of hydrogen-bond acceptors (Lipinski definition) is 2. The maximum Gasteiger partial charge on any atom is 0.109 e. The molecule has 154 valence electrons. The van der Waals surface area contributed by atoms with E-state index < -0.39 is 0 Å². The van der Waals surface area contributed by atoms with E-state index in [0.717, 1.165) is 18.4 Å². The minimum absolute atomic E-state index is 0.643. The smallest absolute Gasteiger partial charge is 0.109 e. The summed E-state index contributed by atoms with van der Waals surface area (Å²) in [6.45, 7) is 0.775. The van der Waals surface area contributed by atoms with Crippen LogP contribution in [-0.2, 0) is 4.74 Å². The normalized spacial score (nSPS) is 36.6. The third-order valence-corrected chi connectivity index (χ3v) is 8.19. The van der Waals surface area contributed by atoms with Crippen LogP contribution in [0.4, 0.5) is 0 Å². The molecule has 3 aliphatic carbocycles. The molecule has 4 unspecified atom stereocenters. The highest BCUT2D eigenvalue weighted by Crippen LogP contribution is 2.52. The molecule has 1 N–H and O–H groups in total. The fourth-order valence-corrected chi connectivity index (χ4v) is 6.86. The molecule has 2 nitrogen and oxygen atoms in total. The molecule has 2 saturated carbocycles. The Bertz CT molecular complexity index is 657. The van der Waals surface area contributed by atoms with E-state index >= 15 is 0 Å². The average Bonchev–Trinajstić information content (AvgIpc) is 3.13. The third-order valence-electron chi connectivity index (χ3n) is 8.19. The van der Waals surface area contributed by atoms with Crippen molar-refractivity contribution in [2.75, 3.05) is 6.61 Å². The van der Waals surface area contributed by atoms with Crippen LogP contribution >= 0.6 is 0 Å². The van der Waals surface area contributed by atoms with Crippen LogP contribution in [0.25, 0.3) is 0 Å². The number of allylic oxidation sites excluding steroid dienone is 2. The van der Waals surface area contributed by atoms with Gasteiger partial charge < -0.3 is 10.1 Å². The van der Waals surface area contributed by atoms with Crippen molar-refractivity contribution in [2.24, 2.45) is 17.8 Å². The van der Waals surface area contributed by atoms with Crippen LogP contribution in [0.5, 0.6) is 0 Å². The summed E-state index contributed by atoms with van der Waals surface area (Å²) >= 11 is 0. The Hall–Kier alpha value is -1.18. The second-order valence-corrected chi connectivity index (χ2v) is 9.94. The Balaban J connectivity index is 1.52. The Morgan fingerprint density at radius 2 is 1.29 bits per heavy atom. The molecule has 2 aliphatic heterocycles. The van der Waals surface area contributed by atoms with E-state index in [2.05, 4.69) is 17.5 Å². The van der Waals surface area contributed by atoms with Gasteiger partial charge >= 0.3 is 0 Å². The number of fused-ring (bicyclic) bond motifs is 6. The summed E-state index contributed by atoms with van der Waals surface area (Å²) in [6, 6.07) is 0.682. The van der Waals surface area contributed by atoms with Gasteiger partial charge in [0.15, 0.2) is 0 Å². The SMILES string of the molecule is C1=CC2=C(OC1)C1CCCCCCCCC1C1=C2NC2CCCCCCCC12. The van der Waals surface area contributed by atoms with Gasteiger partial charge in [0.2, 0.25) is 0 Å². The summed E-state index contributed by atoms with van der Waals surface area (Å²) in [5.74, 6) is 3.52. The van der Waals surface area contributed by atoms with E-state index in [-0.39, 0.29) is 0 Å². The molecule has 0 aromatic rings. The van der Waals surface area contributed by atoms with Crippen molar-refractivity contribution in [3.8, 4) is 0 Å². The first-order chi connectivity index (χ1) is 13.9. The lowest BCUT2D eigenvalue weighted by atomic mass is 9.68. The number of nitrogens with one attached hydrogen (secondary N) is 1. The molecular weight excluding hydrogens is 342 g/mol. The van der Waals surface area contributed by atoms with Gasteiger partial charge in [0.1, 0.15) is 12.4 Å². The fourth-order valence-electron chi connectivity index (χ4n) is 6.86. The lowest BCUT2D eigenvalue weighted by Gasteiger charge is -2.39. The second kappa shape index (κ2) is 8.67. The van der Waals surface area contributed by atoms with Gasteiger partial charge in [0, 0.05) is 29.1 Å². The molecule has 4 atom stereocenters. The van der Waals surface area contributed by atoms with Gasteiger partial charge in [-0.1, -0.05) is 76.7 Å². The van der Waals surface area contributed by atoms with Crippen molar-refractivity contribution in [1.82, 2.24) is 5.32 Å². The Kier molecular flexibility index (Phi) is 5.83. The van der Waals surface area contributed by atoms with Crippen LogP contribution < -0.4 is 5.32 Å². The first kappa shape index (κ1) is 18.8. The predicted molar refractivity (Wildman–Crippen MR) is 116 cm³/mol. The first-order valence-corrected chi connectivity index (χ1v) is 12.5. The van der Waals surface area contributed by atoms with E-state index in [1.165, 1.54) is 113 Å². The first-order valence-electron chi connectivity index (χ1n) is 12.5. The molecule has 0 amide bonds. The summed E-state index contributed by atoms with van der Waals surface area (Å²) in [6.07, 6.45) is 25.8. The summed E-state index contributed by atoms with van der Waals surface area (Å²) in [5, 5.41) is 4.08. The summed E-state index contributed by atoms with van der Waals surface area (Å²) in [4.78, 5) is 0. The predicted octanol–water partition coefficient (Wildman–Crippen LogP) is 6.79. The fraction of sp³-hybridized carbons (Fsp3) is 0.769. The Morgan fingerprint density at radius 1 is 0.679 bits per heavy atom. The minimum Gasteiger partial charge on any atom is -0.493 e. The van der Waals surface area contributed by atoms with Crippen LogP contribution in [0.15, 0.2) is 34.8 Å². The topological polar surface area (TPSA) is 21.3 Å². The van der Waals surface area contributed by atoms with Crippen molar-refractivity contribution in [1.29, 1.82) is 0 Å². The van der Waals surface area contributed by atoms with Gasteiger partial charge in [-0.15, -0.1) is 0 Å². The van der Waals surface area contributed by atoms with Crippen LogP contribution in [0.3, 0.4) is 0 Å². The highest BCUT2D eigenvalue weighted by atomic mass is 16.5. The zero-order chi connectivity index (χ0) is 18.8. The number of hydrogen-bond donors (Lipinski definition) is 1. The Morgan fingerprint density at radius 3 is 2.04 bits per heavy atom. The largest absolute Gasteiger partial charge is 0.493 e. The van der Waals surface area contributed by atoms with Crippen LogP contribution in [0.2, 0.25) is 0 Å². The average molecular weight is 382 g/mol. The van der Waals surface area contributed by atoms with Gasteiger partial charge in [-0.25, -0.2) is 0 Å². The molecule has 5 aliphatic rings. The molecule has 5 rings (SSSR count). The molecule has 28 heavy (non-hydrogen) atoms. The molecule has 0 bridgehead atoms. The molecule has 2 heterocycles. The van der Waals surface area contributed by atoms with Crippen LogP contribution in [-0.4, -0.2) is 12.6 Å². The molecule has 0 spiro atoms. The van der Waals surface area contributed by atoms with Crippen LogP contribution in [0, 0.1) is 17.8 Å². The monoisotopic (exact) mass is 381 g/mol. The Labute approximate surface area is 171 Å². The highest BCUT2D eigenvalue weighted by molar-refractivity contribution is 5.53. The van der Waals surface area contributed by atoms with E-state index in [1.54, 1.807) is 0 Å². The lowest BCUT2D eigenvalue weighted by molar-refractivity contribution is 0.157. The zero-order valence-electron chi connectivity index (χ0n) is 17.7. The van der Waals surface area contributed by atoms with Crippen molar-refractivity contribution < 1.29 is 4.74 Å². The maximum atomic E-state index is 6.37. The van der Waals surface area contributed by atoms with E-state index in [0.29, 0.717) is 12.0 Å². The van der Waals surface area contributed by atoms with E-state index in [4.69, 9.17) is 4.74 Å². The number of rotatable bonds is 0. The van der Waals surface area contributed by atoms with E-state index in [9.17, 15) is 0 Å². The molecule has 0 saturated heterocycles. The van der Waals surface area contributed by atoms with Gasteiger partial charge in [-0.3, -0.25) is 0 Å². The lowest BCUT2D eigenvalue weighted by Crippen LogP contribution is -2.30. The van der Waals surface area contributed by atoms with Crippen molar-refractivity contribution in [2.45, 2.75) is 102 Å². The summed E-state index contributed by atoms with van der Waals surface area (Å²) in [5.41, 5.74) is 4.79. The molecule has 0 aromatic carbocycles. The molecule has 0 aromatic heterocycles. The summed E-state index contributed by atoms with van der Waals surface area (Å²) < 4.78 is 6.37. The molecule has 0 radical (unpaired) electrons. The molecular formula is C26H39NO. The maximum absolute atomic E-state index is 6.37. The van der Waals surface area contributed by atoms with Gasteiger partial charge in [-0.05, 0) is 43.3 Å². The summed E-state index contributed by atoms with van der Waals surface area (Å²) in [7, 11) is 0. The molecule has 2 heteroatoms. The van der Waals surface area contributed by atoms with Gasteiger partial charge in [0.25, 0.3) is 0 Å². The minimum atomic E-state index is 0.643. The van der Waals surface area contributed by atoms with E-state index in [1.807, 2.05) is 5.57 Å². The van der Waals surface area contributed by atoms with Gasteiger partial charge in [-0.2, -0.15) is 0 Å². The van der Waals surface area contributed by atoms with Crippen molar-refractivity contribution in [3.63, 3.8) is 0 Å².